The van der Waals surface area contributed by atoms with E-state index < -0.39 is 0 Å². The lowest BCUT2D eigenvalue weighted by Crippen LogP contribution is -2.33. The SMILES string of the molecule is CCOC(=O)CCN(CCC(C)C)C(=O)/C=C/c1ccco1. The van der Waals surface area contributed by atoms with E-state index in [1.54, 1.807) is 36.3 Å². The largest absolute Gasteiger partial charge is 0.466 e. The first-order chi connectivity index (χ1) is 10.5. The number of furan rings is 1. The second-order valence-corrected chi connectivity index (χ2v) is 5.41. The second kappa shape index (κ2) is 9.82. The summed E-state index contributed by atoms with van der Waals surface area (Å²) in [7, 11) is 0. The molecule has 0 saturated heterocycles. The Balaban J connectivity index is 2.58. The molecule has 5 nitrogen and oxygen atoms in total. The van der Waals surface area contributed by atoms with Gasteiger partial charge >= 0.3 is 5.97 Å². The average Bonchev–Trinajstić information content (AvgIpc) is 2.98. The van der Waals surface area contributed by atoms with E-state index in [0.717, 1.165) is 6.42 Å². The summed E-state index contributed by atoms with van der Waals surface area (Å²) in [6.07, 6.45) is 5.77. The first-order valence-corrected chi connectivity index (χ1v) is 7.69. The summed E-state index contributed by atoms with van der Waals surface area (Å²) >= 11 is 0. The first-order valence-electron chi connectivity index (χ1n) is 7.69. The Labute approximate surface area is 131 Å². The molecular formula is C17H25NO4. The van der Waals surface area contributed by atoms with Gasteiger partial charge in [-0.05, 0) is 37.5 Å². The van der Waals surface area contributed by atoms with Crippen LogP contribution in [-0.2, 0) is 14.3 Å². The smallest absolute Gasteiger partial charge is 0.307 e. The molecule has 0 radical (unpaired) electrons. The maximum Gasteiger partial charge on any atom is 0.307 e. The standard InChI is InChI=1S/C17H25NO4/c1-4-21-17(20)10-12-18(11-9-14(2)3)16(19)8-7-15-6-5-13-22-15/h5-8,13-14H,4,9-12H2,1-3H3/b8-7+. The van der Waals surface area contributed by atoms with Gasteiger partial charge in [0.15, 0.2) is 0 Å². The molecule has 0 aliphatic rings. The molecule has 5 heteroatoms. The van der Waals surface area contributed by atoms with Crippen LogP contribution in [0.5, 0.6) is 0 Å². The Morgan fingerprint density at radius 1 is 1.36 bits per heavy atom. The van der Waals surface area contributed by atoms with Crippen molar-refractivity contribution in [3.8, 4) is 0 Å². The van der Waals surface area contributed by atoms with Crippen LogP contribution in [0, 0.1) is 5.92 Å². The predicted molar refractivity (Wildman–Crippen MR) is 85.0 cm³/mol. The van der Waals surface area contributed by atoms with Crippen LogP contribution in [-0.4, -0.2) is 36.5 Å². The molecule has 1 rings (SSSR count). The van der Waals surface area contributed by atoms with Crippen LogP contribution >= 0.6 is 0 Å². The molecule has 1 heterocycles. The highest BCUT2D eigenvalue weighted by molar-refractivity contribution is 5.91. The van der Waals surface area contributed by atoms with Gasteiger partial charge < -0.3 is 14.1 Å². The van der Waals surface area contributed by atoms with Gasteiger partial charge in [-0.15, -0.1) is 0 Å². The monoisotopic (exact) mass is 307 g/mol. The molecule has 0 N–H and O–H groups in total. The van der Waals surface area contributed by atoms with E-state index >= 15 is 0 Å². The van der Waals surface area contributed by atoms with Gasteiger partial charge in [-0.2, -0.15) is 0 Å². The van der Waals surface area contributed by atoms with Crippen LogP contribution in [0.25, 0.3) is 6.08 Å². The quantitative estimate of drug-likeness (QED) is 0.519. The van der Waals surface area contributed by atoms with E-state index in [1.807, 2.05) is 0 Å². The van der Waals surface area contributed by atoms with Crippen LogP contribution in [0.2, 0.25) is 0 Å². The maximum absolute atomic E-state index is 12.3. The third-order valence-electron chi connectivity index (χ3n) is 3.11. The highest BCUT2D eigenvalue weighted by atomic mass is 16.5. The number of amides is 1. The van der Waals surface area contributed by atoms with Gasteiger partial charge in [-0.1, -0.05) is 13.8 Å². The van der Waals surface area contributed by atoms with Crippen molar-refractivity contribution in [3.63, 3.8) is 0 Å². The Bertz CT molecular complexity index is 477. The van der Waals surface area contributed by atoms with Crippen LogP contribution in [0.1, 0.15) is 39.4 Å². The fourth-order valence-corrected chi connectivity index (χ4v) is 1.85. The van der Waals surface area contributed by atoms with Crippen LogP contribution in [0.3, 0.4) is 0 Å². The van der Waals surface area contributed by atoms with E-state index in [1.165, 1.54) is 6.08 Å². The van der Waals surface area contributed by atoms with Gasteiger partial charge in [-0.25, -0.2) is 0 Å². The normalized spacial score (nSPS) is 11.1. The highest BCUT2D eigenvalue weighted by Crippen LogP contribution is 2.07. The molecule has 122 valence electrons. The van der Waals surface area contributed by atoms with Crippen molar-refractivity contribution in [1.82, 2.24) is 4.90 Å². The zero-order chi connectivity index (χ0) is 16.4. The average molecular weight is 307 g/mol. The third-order valence-corrected chi connectivity index (χ3v) is 3.11. The van der Waals surface area contributed by atoms with Crippen LogP contribution in [0.15, 0.2) is 28.9 Å². The number of nitrogens with zero attached hydrogens (tertiary/aromatic N) is 1. The minimum absolute atomic E-state index is 0.124. The van der Waals surface area contributed by atoms with E-state index in [4.69, 9.17) is 9.15 Å². The molecule has 22 heavy (non-hydrogen) atoms. The van der Waals surface area contributed by atoms with Gasteiger partial charge in [0.2, 0.25) is 5.91 Å². The Morgan fingerprint density at radius 3 is 2.73 bits per heavy atom. The molecule has 0 aliphatic carbocycles. The third kappa shape index (κ3) is 7.11. The summed E-state index contributed by atoms with van der Waals surface area (Å²) in [5.41, 5.74) is 0. The van der Waals surface area contributed by atoms with E-state index in [2.05, 4.69) is 13.8 Å². The fraction of sp³-hybridized carbons (Fsp3) is 0.529. The van der Waals surface area contributed by atoms with Crippen LogP contribution in [0.4, 0.5) is 0 Å². The summed E-state index contributed by atoms with van der Waals surface area (Å²) in [5.74, 6) is 0.718. The Kier molecular flexibility index (Phi) is 8.04. The summed E-state index contributed by atoms with van der Waals surface area (Å²) in [5, 5.41) is 0. The topological polar surface area (TPSA) is 59.8 Å². The van der Waals surface area contributed by atoms with Crippen molar-refractivity contribution in [2.24, 2.45) is 5.92 Å². The van der Waals surface area contributed by atoms with Crippen molar-refractivity contribution >= 4 is 18.0 Å². The molecule has 1 aromatic heterocycles. The van der Waals surface area contributed by atoms with Crippen molar-refractivity contribution in [3.05, 3.63) is 30.2 Å². The van der Waals surface area contributed by atoms with Crippen LogP contribution < -0.4 is 0 Å². The van der Waals surface area contributed by atoms with Crippen molar-refractivity contribution < 1.29 is 18.7 Å². The summed E-state index contributed by atoms with van der Waals surface area (Å²) in [6.45, 7) is 7.33. The van der Waals surface area contributed by atoms with Gasteiger partial charge in [0.05, 0.1) is 19.3 Å². The molecule has 1 aromatic rings. The lowest BCUT2D eigenvalue weighted by atomic mass is 10.1. The Hall–Kier alpha value is -2.04. The number of hydrogen-bond acceptors (Lipinski definition) is 4. The summed E-state index contributed by atoms with van der Waals surface area (Å²) < 4.78 is 10.1. The van der Waals surface area contributed by atoms with Crippen molar-refractivity contribution in [1.29, 1.82) is 0 Å². The first kappa shape index (κ1) is 18.0. The maximum atomic E-state index is 12.3. The zero-order valence-corrected chi connectivity index (χ0v) is 13.6. The molecule has 0 atom stereocenters. The van der Waals surface area contributed by atoms with Crippen molar-refractivity contribution in [2.75, 3.05) is 19.7 Å². The molecule has 1 amide bonds. The molecule has 0 aliphatic heterocycles. The summed E-state index contributed by atoms with van der Waals surface area (Å²) in [6, 6.07) is 3.54. The van der Waals surface area contributed by atoms with Gasteiger partial charge in [0, 0.05) is 19.2 Å². The van der Waals surface area contributed by atoms with E-state index in [-0.39, 0.29) is 18.3 Å². The summed E-state index contributed by atoms with van der Waals surface area (Å²) in [4.78, 5) is 25.4. The minimum atomic E-state index is -0.278. The number of ether oxygens (including phenoxy) is 1. The fourth-order valence-electron chi connectivity index (χ4n) is 1.85. The molecule has 0 fully saturated rings. The number of rotatable bonds is 9. The Morgan fingerprint density at radius 2 is 2.14 bits per heavy atom. The number of esters is 1. The molecule has 0 bridgehead atoms. The van der Waals surface area contributed by atoms with E-state index in [9.17, 15) is 9.59 Å². The van der Waals surface area contributed by atoms with Gasteiger partial charge in [0.25, 0.3) is 0 Å². The molecule has 0 aromatic carbocycles. The number of carbonyl (C=O) groups excluding carboxylic acids is 2. The highest BCUT2D eigenvalue weighted by Gasteiger charge is 2.14. The molecular weight excluding hydrogens is 282 g/mol. The lowest BCUT2D eigenvalue weighted by molar-refractivity contribution is -0.143. The number of carbonyl (C=O) groups is 2. The molecule has 0 unspecified atom stereocenters. The predicted octanol–water partition coefficient (Wildman–Crippen LogP) is 3.12. The van der Waals surface area contributed by atoms with Gasteiger partial charge in [-0.3, -0.25) is 9.59 Å². The minimum Gasteiger partial charge on any atom is -0.466 e. The number of hydrogen-bond donors (Lipinski definition) is 0. The lowest BCUT2D eigenvalue weighted by Gasteiger charge is -2.21. The molecule has 0 spiro atoms. The zero-order valence-electron chi connectivity index (χ0n) is 13.6. The van der Waals surface area contributed by atoms with E-state index in [0.29, 0.717) is 31.4 Å². The van der Waals surface area contributed by atoms with Crippen molar-refractivity contribution in [2.45, 2.75) is 33.6 Å². The van der Waals surface area contributed by atoms with Gasteiger partial charge in [0.1, 0.15) is 5.76 Å². The second-order valence-electron chi connectivity index (χ2n) is 5.41. The molecule has 0 saturated carbocycles.